The highest BCUT2D eigenvalue weighted by Crippen LogP contribution is 2.30. The first-order valence-electron chi connectivity index (χ1n) is 7.14. The maximum Gasteiger partial charge on any atom is 0.452 e. The first-order valence-corrected chi connectivity index (χ1v) is 7.14. The molecule has 0 amide bonds. The number of hydrogen-bond donors (Lipinski definition) is 0. The van der Waals surface area contributed by atoms with Crippen molar-refractivity contribution in [1.82, 2.24) is 24.6 Å². The topological polar surface area (TPSA) is 65.2 Å². The van der Waals surface area contributed by atoms with Gasteiger partial charge in [0.25, 0.3) is 5.88 Å². The molecule has 1 atom stereocenters. The van der Waals surface area contributed by atoms with E-state index in [4.69, 9.17) is 0 Å². The number of rotatable bonds is 3. The Balaban J connectivity index is 1.96. The van der Waals surface area contributed by atoms with E-state index in [0.717, 1.165) is 24.7 Å². The second-order valence-electron chi connectivity index (χ2n) is 5.33. The van der Waals surface area contributed by atoms with Gasteiger partial charge in [0.15, 0.2) is 17.6 Å². The molecule has 3 aromatic heterocycles. The Labute approximate surface area is 145 Å². The lowest BCUT2D eigenvalue weighted by Crippen LogP contribution is -2.31. The van der Waals surface area contributed by atoms with Gasteiger partial charge in [-0.05, 0) is 13.0 Å². The average molecular weight is 395 g/mol. The fourth-order valence-corrected chi connectivity index (χ4v) is 2.03. The molecule has 3 aromatic rings. The predicted molar refractivity (Wildman–Crippen MR) is 75.1 cm³/mol. The first kappa shape index (κ1) is 18.8. The van der Waals surface area contributed by atoms with Gasteiger partial charge < -0.3 is 4.74 Å². The number of halogens is 7. The van der Waals surface area contributed by atoms with Gasteiger partial charge in [-0.2, -0.15) is 26.3 Å². The van der Waals surface area contributed by atoms with E-state index in [2.05, 4.69) is 24.9 Å². The van der Waals surface area contributed by atoms with Crippen LogP contribution < -0.4 is 4.74 Å². The summed E-state index contributed by atoms with van der Waals surface area (Å²) in [6, 6.07) is 0.747. The highest BCUT2D eigenvalue weighted by Gasteiger charge is 2.39. The second-order valence-corrected chi connectivity index (χ2v) is 5.33. The molecule has 6 nitrogen and oxygen atoms in total. The molecule has 0 saturated carbocycles. The van der Waals surface area contributed by atoms with Crippen LogP contribution in [0.25, 0.3) is 16.9 Å². The number of pyridine rings is 1. The molecule has 3 rings (SSSR count). The summed E-state index contributed by atoms with van der Waals surface area (Å²) in [5.41, 5.74) is -0.406. The molecule has 0 spiro atoms. The van der Waals surface area contributed by atoms with Gasteiger partial charge >= 0.3 is 12.4 Å². The first-order chi connectivity index (χ1) is 12.5. The zero-order valence-corrected chi connectivity index (χ0v) is 13.2. The molecular formula is C14H8F7N5O. The van der Waals surface area contributed by atoms with Crippen LogP contribution in [0, 0.1) is 5.82 Å². The lowest BCUT2D eigenvalue weighted by molar-refractivity contribution is -0.190. The summed E-state index contributed by atoms with van der Waals surface area (Å²) in [5, 5.41) is 6.34. The number of fused-ring (bicyclic) bond motifs is 1. The summed E-state index contributed by atoms with van der Waals surface area (Å²) < 4.78 is 95.1. The molecule has 27 heavy (non-hydrogen) atoms. The number of hydrogen-bond acceptors (Lipinski definition) is 5. The van der Waals surface area contributed by atoms with Crippen LogP contribution in [0.4, 0.5) is 30.7 Å². The molecule has 0 N–H and O–H groups in total. The quantitative estimate of drug-likeness (QED) is 0.634. The smallest absolute Gasteiger partial charge is 0.452 e. The van der Waals surface area contributed by atoms with E-state index < -0.39 is 36.0 Å². The van der Waals surface area contributed by atoms with Crippen LogP contribution in [0.3, 0.4) is 0 Å². The Morgan fingerprint density at radius 3 is 2.33 bits per heavy atom. The van der Waals surface area contributed by atoms with Gasteiger partial charge in [-0.3, -0.25) is 9.38 Å². The van der Waals surface area contributed by atoms with Crippen LogP contribution >= 0.6 is 0 Å². The predicted octanol–water partition coefficient (Wildman–Crippen LogP) is 3.67. The monoisotopic (exact) mass is 395 g/mol. The molecule has 0 bridgehead atoms. The molecule has 3 heterocycles. The zero-order chi connectivity index (χ0) is 20.0. The van der Waals surface area contributed by atoms with E-state index in [1.54, 1.807) is 0 Å². The maximum absolute atomic E-state index is 14.0. The van der Waals surface area contributed by atoms with Crippen molar-refractivity contribution in [2.45, 2.75) is 25.4 Å². The minimum Gasteiger partial charge on any atom is -0.463 e. The highest BCUT2D eigenvalue weighted by atomic mass is 19.4. The molecule has 0 radical (unpaired) electrons. The summed E-state index contributed by atoms with van der Waals surface area (Å²) >= 11 is 0. The Morgan fingerprint density at radius 1 is 1.04 bits per heavy atom. The Kier molecular flexibility index (Phi) is 4.40. The van der Waals surface area contributed by atoms with Gasteiger partial charge in [0.2, 0.25) is 5.82 Å². The minimum atomic E-state index is -4.78. The number of ether oxygens (including phenoxy) is 1. The minimum absolute atomic E-state index is 0.0803. The average Bonchev–Trinajstić information content (AvgIpc) is 2.99. The molecule has 0 aliphatic rings. The van der Waals surface area contributed by atoms with E-state index in [9.17, 15) is 30.7 Å². The van der Waals surface area contributed by atoms with Crippen molar-refractivity contribution in [2.24, 2.45) is 0 Å². The third-order valence-corrected chi connectivity index (χ3v) is 3.40. The SMILES string of the molecule is C[C@H](Oc1ncc(-c2cn3c(C(F)(F)F)nnc3cn2)cc1F)C(F)(F)F. The molecular weight excluding hydrogens is 387 g/mol. The Hall–Kier alpha value is -2.99. The molecule has 0 aliphatic carbocycles. The van der Waals surface area contributed by atoms with Crippen molar-refractivity contribution < 1.29 is 35.5 Å². The van der Waals surface area contributed by atoms with E-state index in [1.165, 1.54) is 0 Å². The summed E-state index contributed by atoms with van der Waals surface area (Å²) in [5.74, 6) is -3.44. The molecule has 0 unspecified atom stereocenters. The van der Waals surface area contributed by atoms with E-state index >= 15 is 0 Å². The van der Waals surface area contributed by atoms with Crippen molar-refractivity contribution in [3.63, 3.8) is 0 Å². The van der Waals surface area contributed by atoms with Crippen LogP contribution in [-0.2, 0) is 6.18 Å². The summed E-state index contributed by atoms with van der Waals surface area (Å²) in [4.78, 5) is 7.27. The van der Waals surface area contributed by atoms with Crippen molar-refractivity contribution in [3.05, 3.63) is 36.3 Å². The van der Waals surface area contributed by atoms with Gasteiger partial charge in [-0.1, -0.05) is 0 Å². The summed E-state index contributed by atoms with van der Waals surface area (Å²) in [6.07, 6.45) is -8.99. The highest BCUT2D eigenvalue weighted by molar-refractivity contribution is 5.59. The Bertz CT molecular complexity index is 982. The van der Waals surface area contributed by atoms with Crippen molar-refractivity contribution >= 4 is 5.65 Å². The van der Waals surface area contributed by atoms with Crippen LogP contribution in [-0.4, -0.2) is 36.8 Å². The molecule has 0 fully saturated rings. The third-order valence-electron chi connectivity index (χ3n) is 3.40. The van der Waals surface area contributed by atoms with Crippen molar-refractivity contribution in [1.29, 1.82) is 0 Å². The standard InChI is InChI=1S/C14H8F7N5O/c1-6(13(16,17)18)27-11-8(15)2-7(3-23-11)9-5-26-10(4-22-9)24-25-12(26)14(19,20)21/h2-6H,1H3/t6-/m0/s1. The van der Waals surface area contributed by atoms with Gasteiger partial charge in [0.1, 0.15) is 0 Å². The number of aromatic nitrogens is 5. The van der Waals surface area contributed by atoms with Crippen LogP contribution in [0.2, 0.25) is 0 Å². The molecule has 144 valence electrons. The largest absolute Gasteiger partial charge is 0.463 e. The fourth-order valence-electron chi connectivity index (χ4n) is 2.03. The van der Waals surface area contributed by atoms with Crippen LogP contribution in [0.1, 0.15) is 12.7 Å². The molecule has 0 aliphatic heterocycles. The third kappa shape index (κ3) is 3.75. The summed E-state index contributed by atoms with van der Waals surface area (Å²) in [7, 11) is 0. The van der Waals surface area contributed by atoms with Crippen molar-refractivity contribution in [2.75, 3.05) is 0 Å². The summed E-state index contributed by atoms with van der Waals surface area (Å²) in [6.45, 7) is 0.676. The van der Waals surface area contributed by atoms with Crippen LogP contribution in [0.5, 0.6) is 5.88 Å². The van der Waals surface area contributed by atoms with Gasteiger partial charge in [0.05, 0.1) is 11.9 Å². The van der Waals surface area contributed by atoms with Gasteiger partial charge in [-0.15, -0.1) is 10.2 Å². The van der Waals surface area contributed by atoms with E-state index in [0.29, 0.717) is 11.3 Å². The lowest BCUT2D eigenvalue weighted by atomic mass is 10.2. The van der Waals surface area contributed by atoms with Crippen LogP contribution in [0.15, 0.2) is 24.7 Å². The lowest BCUT2D eigenvalue weighted by Gasteiger charge is -2.17. The fraction of sp³-hybridized carbons (Fsp3) is 0.286. The van der Waals surface area contributed by atoms with Gasteiger partial charge in [-0.25, -0.2) is 9.37 Å². The number of alkyl halides is 6. The normalized spacial score (nSPS) is 13.8. The zero-order valence-electron chi connectivity index (χ0n) is 13.2. The molecule has 13 heteroatoms. The van der Waals surface area contributed by atoms with Crippen molar-refractivity contribution in [3.8, 4) is 17.1 Å². The second kappa shape index (κ2) is 6.32. The number of nitrogens with zero attached hydrogens (tertiary/aromatic N) is 5. The molecule has 0 saturated heterocycles. The Morgan fingerprint density at radius 2 is 1.74 bits per heavy atom. The molecule has 0 aromatic carbocycles. The van der Waals surface area contributed by atoms with E-state index in [1.807, 2.05) is 0 Å². The van der Waals surface area contributed by atoms with E-state index in [-0.39, 0.29) is 16.9 Å². The maximum atomic E-state index is 14.0. The van der Waals surface area contributed by atoms with Gasteiger partial charge in [0, 0.05) is 18.0 Å².